The van der Waals surface area contributed by atoms with Gasteiger partial charge in [-0.2, -0.15) is 0 Å². The van der Waals surface area contributed by atoms with Gasteiger partial charge in [-0.15, -0.1) is 0 Å². The molecular formula is C28H31FN4O3. The fraction of sp³-hybridized carbons (Fsp3) is 0.321. The zero-order valence-electron chi connectivity index (χ0n) is 20.5. The number of nitrogens with zero attached hydrogens (tertiary/aromatic N) is 2. The summed E-state index contributed by atoms with van der Waals surface area (Å²) >= 11 is 0. The summed E-state index contributed by atoms with van der Waals surface area (Å²) in [6.45, 7) is 5.76. The molecule has 4 rings (SSSR count). The summed E-state index contributed by atoms with van der Waals surface area (Å²) in [4.78, 5) is 31.8. The first kappa shape index (κ1) is 25.2. The van der Waals surface area contributed by atoms with Crippen LogP contribution in [0.15, 0.2) is 66.9 Å². The summed E-state index contributed by atoms with van der Waals surface area (Å²) < 4.78 is 19.5. The van der Waals surface area contributed by atoms with Crippen LogP contribution in [0, 0.1) is 11.7 Å². The SMILES string of the molecule is CC(C)Oc1ccc(CNC(=O)C2CCN(c3cc(C(=O)Nc4ccccc4F)ccn3)CC2)cc1. The lowest BCUT2D eigenvalue weighted by Crippen LogP contribution is -2.40. The molecule has 8 heteroatoms. The zero-order chi connectivity index (χ0) is 25.5. The maximum Gasteiger partial charge on any atom is 0.255 e. The van der Waals surface area contributed by atoms with E-state index in [0.717, 1.165) is 11.3 Å². The second-order valence-corrected chi connectivity index (χ2v) is 9.13. The van der Waals surface area contributed by atoms with Crippen molar-refractivity contribution in [3.63, 3.8) is 0 Å². The lowest BCUT2D eigenvalue weighted by molar-refractivity contribution is -0.125. The number of aromatic nitrogens is 1. The van der Waals surface area contributed by atoms with Gasteiger partial charge in [-0.25, -0.2) is 9.37 Å². The molecule has 1 aliphatic rings. The van der Waals surface area contributed by atoms with Crippen molar-refractivity contribution < 1.29 is 18.7 Å². The predicted octanol–water partition coefficient (Wildman–Crippen LogP) is 4.79. The largest absolute Gasteiger partial charge is 0.491 e. The van der Waals surface area contributed by atoms with Crippen LogP contribution < -0.4 is 20.3 Å². The lowest BCUT2D eigenvalue weighted by atomic mass is 9.95. The maximum atomic E-state index is 13.9. The molecule has 188 valence electrons. The minimum Gasteiger partial charge on any atom is -0.491 e. The van der Waals surface area contributed by atoms with Gasteiger partial charge in [0.15, 0.2) is 0 Å². The number of rotatable bonds is 8. The van der Waals surface area contributed by atoms with Gasteiger partial charge in [0.1, 0.15) is 17.4 Å². The molecule has 2 heterocycles. The van der Waals surface area contributed by atoms with E-state index >= 15 is 0 Å². The van der Waals surface area contributed by atoms with E-state index in [9.17, 15) is 14.0 Å². The van der Waals surface area contributed by atoms with Crippen molar-refractivity contribution in [1.82, 2.24) is 10.3 Å². The van der Waals surface area contributed by atoms with Gasteiger partial charge in [0.05, 0.1) is 11.8 Å². The van der Waals surface area contributed by atoms with Crippen LogP contribution in [0.4, 0.5) is 15.9 Å². The second-order valence-electron chi connectivity index (χ2n) is 9.13. The molecule has 0 aliphatic carbocycles. The highest BCUT2D eigenvalue weighted by molar-refractivity contribution is 6.04. The third-order valence-corrected chi connectivity index (χ3v) is 6.08. The Labute approximate surface area is 210 Å². The Hall–Kier alpha value is -3.94. The Morgan fingerprint density at radius 1 is 1.08 bits per heavy atom. The van der Waals surface area contributed by atoms with Crippen molar-refractivity contribution in [2.24, 2.45) is 5.92 Å². The number of ether oxygens (including phenoxy) is 1. The summed E-state index contributed by atoms with van der Waals surface area (Å²) in [7, 11) is 0. The molecule has 2 N–H and O–H groups in total. The molecule has 0 unspecified atom stereocenters. The van der Waals surface area contributed by atoms with Gasteiger partial charge in [0.2, 0.25) is 5.91 Å². The van der Waals surface area contributed by atoms with E-state index in [0.29, 0.717) is 43.9 Å². The van der Waals surface area contributed by atoms with Crippen molar-refractivity contribution >= 4 is 23.3 Å². The molecule has 2 amide bonds. The zero-order valence-corrected chi connectivity index (χ0v) is 20.5. The summed E-state index contributed by atoms with van der Waals surface area (Å²) in [6, 6.07) is 17.1. The van der Waals surface area contributed by atoms with Gasteiger partial charge < -0.3 is 20.3 Å². The van der Waals surface area contributed by atoms with E-state index < -0.39 is 11.7 Å². The number of anilines is 2. The number of carbonyl (C=O) groups excluding carboxylic acids is 2. The maximum absolute atomic E-state index is 13.9. The molecule has 1 fully saturated rings. The van der Waals surface area contributed by atoms with E-state index in [2.05, 4.69) is 20.5 Å². The molecule has 36 heavy (non-hydrogen) atoms. The number of hydrogen-bond acceptors (Lipinski definition) is 5. The third kappa shape index (κ3) is 6.59. The number of nitrogens with one attached hydrogen (secondary N) is 2. The van der Waals surface area contributed by atoms with Gasteiger partial charge in [0, 0.05) is 37.3 Å². The van der Waals surface area contributed by atoms with Gasteiger partial charge in [-0.3, -0.25) is 9.59 Å². The minimum absolute atomic E-state index is 0.0446. The van der Waals surface area contributed by atoms with Crippen molar-refractivity contribution in [2.45, 2.75) is 39.3 Å². The molecule has 3 aromatic rings. The molecule has 0 spiro atoms. The van der Waals surface area contributed by atoms with Crippen LogP contribution in [0.1, 0.15) is 42.6 Å². The van der Waals surface area contributed by atoms with Crippen LogP contribution in [0.2, 0.25) is 0 Å². The van der Waals surface area contributed by atoms with Crippen molar-refractivity contribution in [1.29, 1.82) is 0 Å². The smallest absolute Gasteiger partial charge is 0.255 e. The van der Waals surface area contributed by atoms with Gasteiger partial charge >= 0.3 is 0 Å². The molecule has 0 saturated carbocycles. The molecule has 2 aromatic carbocycles. The number of hydrogen-bond donors (Lipinski definition) is 2. The van der Waals surface area contributed by atoms with Crippen LogP contribution in [0.3, 0.4) is 0 Å². The molecule has 0 radical (unpaired) electrons. The summed E-state index contributed by atoms with van der Waals surface area (Å²) in [5, 5.41) is 5.64. The number of pyridine rings is 1. The highest BCUT2D eigenvalue weighted by Crippen LogP contribution is 2.23. The standard InChI is InChI=1S/C28H31FN4O3/c1-19(2)36-23-9-7-20(8-10-23)18-31-27(34)21-12-15-33(16-13-21)26-17-22(11-14-30-26)28(35)32-25-6-4-3-5-24(25)29/h3-11,14,17,19,21H,12-13,15-16,18H2,1-2H3,(H,31,34)(H,32,35). The number of halogens is 1. The van der Waals surface area contributed by atoms with Crippen molar-refractivity contribution in [3.05, 3.63) is 83.8 Å². The fourth-order valence-electron chi connectivity index (χ4n) is 4.15. The first-order valence-corrected chi connectivity index (χ1v) is 12.2. The normalized spacial score (nSPS) is 13.9. The highest BCUT2D eigenvalue weighted by atomic mass is 19.1. The Morgan fingerprint density at radius 2 is 1.81 bits per heavy atom. The first-order chi connectivity index (χ1) is 17.4. The average Bonchev–Trinajstić information content (AvgIpc) is 2.89. The Bertz CT molecular complexity index is 1190. The minimum atomic E-state index is -0.488. The Morgan fingerprint density at radius 3 is 2.50 bits per heavy atom. The summed E-state index contributed by atoms with van der Waals surface area (Å²) in [6.07, 6.45) is 3.08. The van der Waals surface area contributed by atoms with E-state index in [4.69, 9.17) is 4.74 Å². The van der Waals surface area contributed by atoms with Gasteiger partial charge in [-0.05, 0) is 68.7 Å². The number of para-hydroxylation sites is 1. The number of benzene rings is 2. The average molecular weight is 491 g/mol. The molecule has 0 bridgehead atoms. The van der Waals surface area contributed by atoms with E-state index in [1.165, 1.54) is 12.1 Å². The van der Waals surface area contributed by atoms with E-state index in [-0.39, 0.29) is 23.6 Å². The van der Waals surface area contributed by atoms with Crippen LogP contribution in [0.25, 0.3) is 0 Å². The number of carbonyl (C=O) groups is 2. The summed E-state index contributed by atoms with van der Waals surface area (Å²) in [5.74, 6) is 0.563. The Kier molecular flexibility index (Phi) is 8.15. The third-order valence-electron chi connectivity index (χ3n) is 6.08. The van der Waals surface area contributed by atoms with Crippen LogP contribution in [0.5, 0.6) is 5.75 Å². The molecule has 1 aromatic heterocycles. The lowest BCUT2D eigenvalue weighted by Gasteiger charge is -2.32. The molecular weight excluding hydrogens is 459 g/mol. The number of amides is 2. The van der Waals surface area contributed by atoms with Gasteiger partial charge in [0.25, 0.3) is 5.91 Å². The van der Waals surface area contributed by atoms with E-state index in [1.54, 1.807) is 30.5 Å². The van der Waals surface area contributed by atoms with Crippen molar-refractivity contribution in [2.75, 3.05) is 23.3 Å². The van der Waals surface area contributed by atoms with Gasteiger partial charge in [-0.1, -0.05) is 24.3 Å². The monoisotopic (exact) mass is 490 g/mol. The van der Waals surface area contributed by atoms with Crippen LogP contribution in [-0.2, 0) is 11.3 Å². The van der Waals surface area contributed by atoms with Crippen LogP contribution in [-0.4, -0.2) is 36.0 Å². The Balaban J connectivity index is 1.27. The molecule has 1 saturated heterocycles. The van der Waals surface area contributed by atoms with Crippen LogP contribution >= 0.6 is 0 Å². The molecule has 0 atom stereocenters. The first-order valence-electron chi connectivity index (χ1n) is 12.2. The quantitative estimate of drug-likeness (QED) is 0.474. The molecule has 7 nitrogen and oxygen atoms in total. The topological polar surface area (TPSA) is 83.6 Å². The van der Waals surface area contributed by atoms with E-state index in [1.807, 2.05) is 38.1 Å². The highest BCUT2D eigenvalue weighted by Gasteiger charge is 2.26. The summed E-state index contributed by atoms with van der Waals surface area (Å²) in [5.41, 5.74) is 1.55. The fourth-order valence-corrected chi connectivity index (χ4v) is 4.15. The number of piperidine rings is 1. The predicted molar refractivity (Wildman–Crippen MR) is 138 cm³/mol. The molecule has 1 aliphatic heterocycles. The van der Waals surface area contributed by atoms with Crippen molar-refractivity contribution in [3.8, 4) is 5.75 Å². The second kappa shape index (κ2) is 11.7.